The predicted molar refractivity (Wildman–Crippen MR) is 81.8 cm³/mol. The summed E-state index contributed by atoms with van der Waals surface area (Å²) in [7, 11) is 0. The fourth-order valence-corrected chi connectivity index (χ4v) is 3.28. The molecule has 3 aromatic rings. The summed E-state index contributed by atoms with van der Waals surface area (Å²) in [5.41, 5.74) is 4.43. The first-order chi connectivity index (χ1) is 9.16. The molecule has 0 amide bonds. The summed E-state index contributed by atoms with van der Waals surface area (Å²) in [4.78, 5) is 0. The number of aliphatic hydroxyl groups excluding tert-OH is 1. The van der Waals surface area contributed by atoms with E-state index in [2.05, 4.69) is 43.5 Å². The van der Waals surface area contributed by atoms with E-state index in [4.69, 9.17) is 0 Å². The van der Waals surface area contributed by atoms with Gasteiger partial charge in [0.1, 0.15) is 6.10 Å². The van der Waals surface area contributed by atoms with Crippen LogP contribution in [0, 0.1) is 13.8 Å². The van der Waals surface area contributed by atoms with Crippen LogP contribution < -0.4 is 0 Å². The molecular formula is C17H16OS. The Bertz CT molecular complexity index is 727. The highest BCUT2D eigenvalue weighted by atomic mass is 32.1. The zero-order valence-corrected chi connectivity index (χ0v) is 11.9. The van der Waals surface area contributed by atoms with Crippen LogP contribution in [0.3, 0.4) is 0 Å². The first-order valence-corrected chi connectivity index (χ1v) is 7.26. The highest BCUT2D eigenvalue weighted by Gasteiger charge is 2.14. The quantitative estimate of drug-likeness (QED) is 0.720. The van der Waals surface area contributed by atoms with Gasteiger partial charge in [0.05, 0.1) is 0 Å². The second-order valence-electron chi connectivity index (χ2n) is 4.93. The van der Waals surface area contributed by atoms with Crippen molar-refractivity contribution in [3.05, 3.63) is 70.1 Å². The van der Waals surface area contributed by atoms with Crippen LogP contribution >= 0.6 is 11.3 Å². The number of hydrogen-bond donors (Lipinski definition) is 1. The van der Waals surface area contributed by atoms with Crippen molar-refractivity contribution in [2.24, 2.45) is 0 Å². The molecule has 0 fully saturated rings. The van der Waals surface area contributed by atoms with Gasteiger partial charge >= 0.3 is 0 Å². The lowest BCUT2D eigenvalue weighted by atomic mass is 9.97. The van der Waals surface area contributed by atoms with Crippen LogP contribution in [-0.4, -0.2) is 5.11 Å². The SMILES string of the molecule is Cc1ccc(C(O)c2cccc3ccsc23)cc1C. The Morgan fingerprint density at radius 2 is 1.84 bits per heavy atom. The molecule has 0 aliphatic rings. The topological polar surface area (TPSA) is 20.2 Å². The van der Waals surface area contributed by atoms with Crippen LogP contribution in [0.4, 0.5) is 0 Å². The first kappa shape index (κ1) is 12.4. The number of thiophene rings is 1. The molecule has 0 aliphatic heterocycles. The Kier molecular flexibility index (Phi) is 3.13. The third-order valence-electron chi connectivity index (χ3n) is 3.65. The van der Waals surface area contributed by atoms with Crippen molar-refractivity contribution in [2.45, 2.75) is 20.0 Å². The van der Waals surface area contributed by atoms with Crippen LogP contribution in [-0.2, 0) is 0 Å². The molecule has 2 aromatic carbocycles. The van der Waals surface area contributed by atoms with E-state index in [0.29, 0.717) is 0 Å². The molecule has 1 atom stereocenters. The van der Waals surface area contributed by atoms with E-state index >= 15 is 0 Å². The van der Waals surface area contributed by atoms with E-state index in [1.54, 1.807) is 11.3 Å². The number of hydrogen-bond acceptors (Lipinski definition) is 2. The number of aryl methyl sites for hydroxylation is 2. The standard InChI is InChI=1S/C17H16OS/c1-11-6-7-14(10-12(11)2)16(18)15-5-3-4-13-8-9-19-17(13)15/h3-10,16,18H,1-2H3. The third kappa shape index (κ3) is 2.18. The van der Waals surface area contributed by atoms with E-state index in [-0.39, 0.29) is 0 Å². The highest BCUT2D eigenvalue weighted by molar-refractivity contribution is 7.17. The van der Waals surface area contributed by atoms with Gasteiger partial charge in [-0.2, -0.15) is 0 Å². The van der Waals surface area contributed by atoms with Gasteiger partial charge in [0.15, 0.2) is 0 Å². The average Bonchev–Trinajstić information content (AvgIpc) is 2.89. The summed E-state index contributed by atoms with van der Waals surface area (Å²) in [6, 6.07) is 14.4. The van der Waals surface area contributed by atoms with Gasteiger partial charge in [-0.1, -0.05) is 36.4 Å². The van der Waals surface area contributed by atoms with Crippen LogP contribution in [0.1, 0.15) is 28.4 Å². The first-order valence-electron chi connectivity index (χ1n) is 6.38. The maximum absolute atomic E-state index is 10.6. The Balaban J connectivity index is 2.10. The summed E-state index contributed by atoms with van der Waals surface area (Å²) in [5.74, 6) is 0. The summed E-state index contributed by atoms with van der Waals surface area (Å²) in [6.45, 7) is 4.17. The summed E-state index contributed by atoms with van der Waals surface area (Å²) < 4.78 is 1.17. The molecule has 2 heteroatoms. The zero-order valence-electron chi connectivity index (χ0n) is 11.1. The molecule has 3 rings (SSSR count). The zero-order chi connectivity index (χ0) is 13.4. The van der Waals surface area contributed by atoms with Gasteiger partial charge < -0.3 is 5.11 Å². The minimum absolute atomic E-state index is 0.554. The molecule has 1 aromatic heterocycles. The number of fused-ring (bicyclic) bond motifs is 1. The van der Waals surface area contributed by atoms with Gasteiger partial charge in [0, 0.05) is 10.3 Å². The molecule has 96 valence electrons. The van der Waals surface area contributed by atoms with Gasteiger partial charge in [0.25, 0.3) is 0 Å². The predicted octanol–water partition coefficient (Wildman–Crippen LogP) is 4.60. The third-order valence-corrected chi connectivity index (χ3v) is 4.63. The molecule has 0 bridgehead atoms. The maximum Gasteiger partial charge on any atom is 0.105 e. The minimum Gasteiger partial charge on any atom is -0.384 e. The van der Waals surface area contributed by atoms with Crippen LogP contribution in [0.2, 0.25) is 0 Å². The second kappa shape index (κ2) is 4.80. The molecular weight excluding hydrogens is 252 g/mol. The van der Waals surface area contributed by atoms with Crippen molar-refractivity contribution < 1.29 is 5.11 Å². The van der Waals surface area contributed by atoms with E-state index in [0.717, 1.165) is 11.1 Å². The van der Waals surface area contributed by atoms with E-state index < -0.39 is 6.10 Å². The lowest BCUT2D eigenvalue weighted by Gasteiger charge is -2.14. The van der Waals surface area contributed by atoms with Crippen molar-refractivity contribution in [2.75, 3.05) is 0 Å². The van der Waals surface area contributed by atoms with Crippen LogP contribution in [0.15, 0.2) is 47.8 Å². The molecule has 0 saturated carbocycles. The highest BCUT2D eigenvalue weighted by Crippen LogP contribution is 2.32. The maximum atomic E-state index is 10.6. The average molecular weight is 268 g/mol. The molecule has 1 N–H and O–H groups in total. The Hall–Kier alpha value is -1.64. The molecule has 0 radical (unpaired) electrons. The smallest absolute Gasteiger partial charge is 0.105 e. The fourth-order valence-electron chi connectivity index (χ4n) is 2.35. The lowest BCUT2D eigenvalue weighted by molar-refractivity contribution is 0.222. The lowest BCUT2D eigenvalue weighted by Crippen LogP contribution is -2.00. The molecule has 0 saturated heterocycles. The molecule has 19 heavy (non-hydrogen) atoms. The molecule has 0 aliphatic carbocycles. The molecule has 1 unspecified atom stereocenters. The van der Waals surface area contributed by atoms with Gasteiger partial charge in [-0.05, 0) is 47.4 Å². The van der Waals surface area contributed by atoms with Crippen LogP contribution in [0.25, 0.3) is 10.1 Å². The van der Waals surface area contributed by atoms with E-state index in [1.165, 1.54) is 21.2 Å². The van der Waals surface area contributed by atoms with Gasteiger partial charge in [-0.25, -0.2) is 0 Å². The Labute approximate surface area is 117 Å². The normalized spacial score (nSPS) is 12.8. The van der Waals surface area contributed by atoms with Crippen molar-refractivity contribution in [1.29, 1.82) is 0 Å². The summed E-state index contributed by atoms with van der Waals surface area (Å²) in [5, 5.41) is 13.9. The van der Waals surface area contributed by atoms with Crippen molar-refractivity contribution >= 4 is 21.4 Å². The molecule has 1 nitrogen and oxygen atoms in total. The monoisotopic (exact) mass is 268 g/mol. The summed E-state index contributed by atoms with van der Waals surface area (Å²) in [6.07, 6.45) is -0.554. The second-order valence-corrected chi connectivity index (χ2v) is 5.85. The number of aliphatic hydroxyl groups is 1. The van der Waals surface area contributed by atoms with Crippen molar-refractivity contribution in [3.8, 4) is 0 Å². The summed E-state index contributed by atoms with van der Waals surface area (Å²) >= 11 is 1.68. The van der Waals surface area contributed by atoms with E-state index in [9.17, 15) is 5.11 Å². The molecule has 0 spiro atoms. The number of rotatable bonds is 2. The van der Waals surface area contributed by atoms with Crippen molar-refractivity contribution in [3.63, 3.8) is 0 Å². The van der Waals surface area contributed by atoms with Crippen molar-refractivity contribution in [1.82, 2.24) is 0 Å². The van der Waals surface area contributed by atoms with Gasteiger partial charge in [-0.3, -0.25) is 0 Å². The Morgan fingerprint density at radius 1 is 1.00 bits per heavy atom. The van der Waals surface area contributed by atoms with Crippen LogP contribution in [0.5, 0.6) is 0 Å². The number of benzene rings is 2. The largest absolute Gasteiger partial charge is 0.384 e. The minimum atomic E-state index is -0.554. The van der Waals surface area contributed by atoms with E-state index in [1.807, 2.05) is 18.2 Å². The molecule has 1 heterocycles. The Morgan fingerprint density at radius 3 is 2.63 bits per heavy atom. The van der Waals surface area contributed by atoms with Gasteiger partial charge in [0.2, 0.25) is 0 Å². The fraction of sp³-hybridized carbons (Fsp3) is 0.176. The van der Waals surface area contributed by atoms with Gasteiger partial charge in [-0.15, -0.1) is 11.3 Å².